The fourth-order valence-corrected chi connectivity index (χ4v) is 2.88. The van der Waals surface area contributed by atoms with Crippen LogP contribution in [0.15, 0.2) is 18.5 Å². The van der Waals surface area contributed by atoms with Gasteiger partial charge in [-0.2, -0.15) is 18.3 Å². The Morgan fingerprint density at radius 3 is 2.56 bits per heavy atom. The van der Waals surface area contributed by atoms with Gasteiger partial charge >= 0.3 is 12.3 Å². The van der Waals surface area contributed by atoms with E-state index in [2.05, 4.69) is 15.1 Å². The number of alkyl halides is 3. The van der Waals surface area contributed by atoms with Crippen molar-refractivity contribution in [3.8, 4) is 11.3 Å². The van der Waals surface area contributed by atoms with E-state index in [-0.39, 0.29) is 11.7 Å². The van der Waals surface area contributed by atoms with Gasteiger partial charge in [0.05, 0.1) is 17.9 Å². The normalized spacial score (nSPS) is 16.2. The minimum atomic E-state index is -4.62. The van der Waals surface area contributed by atoms with Crippen LogP contribution in [0.4, 0.5) is 18.0 Å². The molecule has 0 spiro atoms. The highest BCUT2D eigenvalue weighted by Crippen LogP contribution is 2.31. The molecule has 1 N–H and O–H groups in total. The van der Waals surface area contributed by atoms with Crippen LogP contribution in [-0.4, -0.2) is 48.9 Å². The third kappa shape index (κ3) is 3.84. The van der Waals surface area contributed by atoms with Crippen molar-refractivity contribution in [1.29, 1.82) is 0 Å². The molecular formula is C14H13ClF3N5O2. The molecule has 0 radical (unpaired) electrons. The third-order valence-electron chi connectivity index (χ3n) is 4.00. The molecule has 1 saturated heterocycles. The van der Waals surface area contributed by atoms with Gasteiger partial charge in [-0.05, 0) is 30.5 Å². The number of hydrogen-bond acceptors (Lipinski definition) is 4. The van der Waals surface area contributed by atoms with Crippen molar-refractivity contribution in [2.24, 2.45) is 0 Å². The monoisotopic (exact) mass is 375 g/mol. The zero-order valence-electron chi connectivity index (χ0n) is 12.7. The molecule has 0 saturated carbocycles. The van der Waals surface area contributed by atoms with Gasteiger partial charge in [0.2, 0.25) is 5.28 Å². The molecule has 3 rings (SSSR count). The highest BCUT2D eigenvalue weighted by atomic mass is 35.5. The molecule has 134 valence electrons. The minimum absolute atomic E-state index is 0.0243. The number of carbonyl (C=O) groups is 1. The summed E-state index contributed by atoms with van der Waals surface area (Å²) in [7, 11) is 0. The van der Waals surface area contributed by atoms with Crippen molar-refractivity contribution >= 4 is 17.7 Å². The van der Waals surface area contributed by atoms with Gasteiger partial charge in [-0.15, -0.1) is 0 Å². The first-order valence-corrected chi connectivity index (χ1v) is 7.76. The van der Waals surface area contributed by atoms with Crippen LogP contribution < -0.4 is 0 Å². The SMILES string of the molecule is O=C(O)N1CCC(n2cc(-c3cc(C(F)(F)F)nc(Cl)n3)cn2)CC1. The number of halogens is 4. The van der Waals surface area contributed by atoms with E-state index in [9.17, 15) is 18.0 Å². The summed E-state index contributed by atoms with van der Waals surface area (Å²) in [5.41, 5.74) is -0.706. The molecule has 1 amide bonds. The Morgan fingerprint density at radius 2 is 1.96 bits per heavy atom. The van der Waals surface area contributed by atoms with Crippen molar-refractivity contribution in [1.82, 2.24) is 24.6 Å². The first-order valence-electron chi connectivity index (χ1n) is 7.38. The van der Waals surface area contributed by atoms with Gasteiger partial charge in [0.15, 0.2) is 0 Å². The van der Waals surface area contributed by atoms with Crippen molar-refractivity contribution < 1.29 is 23.1 Å². The Labute approximate surface area is 145 Å². The lowest BCUT2D eigenvalue weighted by Gasteiger charge is -2.30. The van der Waals surface area contributed by atoms with Gasteiger partial charge in [-0.3, -0.25) is 4.68 Å². The lowest BCUT2D eigenvalue weighted by molar-refractivity contribution is -0.141. The first kappa shape index (κ1) is 17.5. The van der Waals surface area contributed by atoms with E-state index in [0.29, 0.717) is 31.5 Å². The molecule has 0 aliphatic carbocycles. The Morgan fingerprint density at radius 1 is 1.28 bits per heavy atom. The van der Waals surface area contributed by atoms with E-state index in [1.165, 1.54) is 11.1 Å². The second kappa shape index (κ2) is 6.51. The molecule has 2 aromatic rings. The Hall–Kier alpha value is -2.36. The molecule has 1 aliphatic rings. The van der Waals surface area contributed by atoms with Crippen LogP contribution in [-0.2, 0) is 6.18 Å². The number of amides is 1. The number of aromatic nitrogens is 4. The standard InChI is InChI=1S/C14H13ClF3N5O2/c15-12-20-10(5-11(21-12)14(16,17)18)8-6-19-23(7-8)9-1-3-22(4-2-9)13(24)25/h5-7,9H,1-4H2,(H,24,25). The van der Waals surface area contributed by atoms with E-state index >= 15 is 0 Å². The molecule has 2 aromatic heterocycles. The van der Waals surface area contributed by atoms with Gasteiger partial charge in [0, 0.05) is 24.8 Å². The summed E-state index contributed by atoms with van der Waals surface area (Å²) in [6.07, 6.45) is -1.45. The lowest BCUT2D eigenvalue weighted by Crippen LogP contribution is -2.38. The van der Waals surface area contributed by atoms with Crippen LogP contribution in [0.5, 0.6) is 0 Å². The smallest absolute Gasteiger partial charge is 0.433 e. The summed E-state index contributed by atoms with van der Waals surface area (Å²) >= 11 is 5.60. The highest BCUT2D eigenvalue weighted by Gasteiger charge is 2.34. The van der Waals surface area contributed by atoms with Crippen molar-refractivity contribution in [2.45, 2.75) is 25.1 Å². The first-order chi connectivity index (χ1) is 11.7. The molecule has 11 heteroatoms. The lowest BCUT2D eigenvalue weighted by atomic mass is 10.1. The summed E-state index contributed by atoms with van der Waals surface area (Å²) in [5.74, 6) is 0. The molecule has 0 aromatic carbocycles. The average Bonchev–Trinajstić information content (AvgIpc) is 3.03. The van der Waals surface area contributed by atoms with Gasteiger partial charge in [0.1, 0.15) is 5.69 Å². The van der Waals surface area contributed by atoms with Crippen molar-refractivity contribution in [3.05, 3.63) is 29.4 Å². The number of nitrogens with zero attached hydrogens (tertiary/aromatic N) is 5. The summed E-state index contributed by atoms with van der Waals surface area (Å²) in [4.78, 5) is 19.3. The topological polar surface area (TPSA) is 84.1 Å². The zero-order valence-corrected chi connectivity index (χ0v) is 13.5. The van der Waals surface area contributed by atoms with Crippen LogP contribution >= 0.6 is 11.6 Å². The Kier molecular flexibility index (Phi) is 4.55. The summed E-state index contributed by atoms with van der Waals surface area (Å²) in [6, 6.07) is 0.795. The fraction of sp³-hybridized carbons (Fsp3) is 0.429. The maximum absolute atomic E-state index is 12.8. The maximum atomic E-state index is 12.8. The maximum Gasteiger partial charge on any atom is 0.433 e. The van der Waals surface area contributed by atoms with E-state index in [4.69, 9.17) is 16.7 Å². The number of carboxylic acid groups (broad SMARTS) is 1. The second-order valence-corrected chi connectivity index (χ2v) is 5.95. The molecule has 1 aliphatic heterocycles. The van der Waals surface area contributed by atoms with Crippen LogP contribution in [0, 0.1) is 0 Å². The largest absolute Gasteiger partial charge is 0.465 e. The summed E-state index contributed by atoms with van der Waals surface area (Å²) < 4.78 is 40.1. The van der Waals surface area contributed by atoms with Crippen LogP contribution in [0.3, 0.4) is 0 Å². The second-order valence-electron chi connectivity index (χ2n) is 5.62. The molecule has 0 atom stereocenters. The molecule has 7 nitrogen and oxygen atoms in total. The van der Waals surface area contributed by atoms with E-state index in [1.807, 2.05) is 0 Å². The molecule has 1 fully saturated rings. The average molecular weight is 376 g/mol. The summed E-state index contributed by atoms with van der Waals surface area (Å²) in [5, 5.41) is 12.6. The van der Waals surface area contributed by atoms with E-state index < -0.39 is 23.2 Å². The van der Waals surface area contributed by atoms with Crippen molar-refractivity contribution in [3.63, 3.8) is 0 Å². The Balaban J connectivity index is 1.80. The van der Waals surface area contributed by atoms with Crippen molar-refractivity contribution in [2.75, 3.05) is 13.1 Å². The number of likely N-dealkylation sites (tertiary alicyclic amines) is 1. The van der Waals surface area contributed by atoms with Gasteiger partial charge < -0.3 is 10.0 Å². The predicted octanol–water partition coefficient (Wildman–Crippen LogP) is 3.33. The highest BCUT2D eigenvalue weighted by molar-refractivity contribution is 6.28. The molecule has 25 heavy (non-hydrogen) atoms. The van der Waals surface area contributed by atoms with Gasteiger partial charge in [-0.25, -0.2) is 14.8 Å². The zero-order chi connectivity index (χ0) is 18.2. The predicted molar refractivity (Wildman–Crippen MR) is 81.1 cm³/mol. The van der Waals surface area contributed by atoms with Gasteiger partial charge in [0.25, 0.3) is 0 Å². The molecule has 3 heterocycles. The molecule has 0 bridgehead atoms. The Bertz CT molecular complexity index is 787. The van der Waals surface area contributed by atoms with Crippen LogP contribution in [0.2, 0.25) is 5.28 Å². The number of piperidine rings is 1. The van der Waals surface area contributed by atoms with Crippen LogP contribution in [0.25, 0.3) is 11.3 Å². The summed E-state index contributed by atoms with van der Waals surface area (Å²) in [6.45, 7) is 0.763. The number of rotatable bonds is 2. The number of hydrogen-bond donors (Lipinski definition) is 1. The minimum Gasteiger partial charge on any atom is -0.465 e. The van der Waals surface area contributed by atoms with Gasteiger partial charge in [-0.1, -0.05) is 0 Å². The van der Waals surface area contributed by atoms with E-state index in [0.717, 1.165) is 6.07 Å². The van der Waals surface area contributed by atoms with Crippen LogP contribution in [0.1, 0.15) is 24.6 Å². The fourth-order valence-electron chi connectivity index (χ4n) is 2.70. The quantitative estimate of drug-likeness (QED) is 0.814. The third-order valence-corrected chi connectivity index (χ3v) is 4.16. The van der Waals surface area contributed by atoms with E-state index in [1.54, 1.807) is 10.9 Å². The molecular weight excluding hydrogens is 363 g/mol. The molecule has 0 unspecified atom stereocenters.